The molecular weight excluding hydrogens is 256 g/mol. The second kappa shape index (κ2) is 5.89. The van der Waals surface area contributed by atoms with E-state index in [1.165, 1.54) is 4.68 Å². The van der Waals surface area contributed by atoms with E-state index in [-0.39, 0.29) is 12.5 Å². The lowest BCUT2D eigenvalue weighted by atomic mass is 10.3. The van der Waals surface area contributed by atoms with E-state index in [1.807, 2.05) is 13.0 Å². The third kappa shape index (κ3) is 3.14. The highest BCUT2D eigenvalue weighted by atomic mass is 16.5. The molecule has 0 bridgehead atoms. The van der Waals surface area contributed by atoms with Gasteiger partial charge in [-0.25, -0.2) is 0 Å². The number of carbonyl (C=O) groups is 1. The maximum absolute atomic E-state index is 12.1. The smallest absolute Gasteiger partial charge is 0.273 e. The Morgan fingerprint density at radius 2 is 2.15 bits per heavy atom. The van der Waals surface area contributed by atoms with Crippen molar-refractivity contribution in [1.82, 2.24) is 9.78 Å². The summed E-state index contributed by atoms with van der Waals surface area (Å²) < 4.78 is 6.67. The molecule has 0 fully saturated rings. The van der Waals surface area contributed by atoms with Gasteiger partial charge in [0.15, 0.2) is 6.61 Å². The summed E-state index contributed by atoms with van der Waals surface area (Å²) in [6, 6.07) is 10.4. The second-order valence-electron chi connectivity index (χ2n) is 4.22. The van der Waals surface area contributed by atoms with Crippen LogP contribution < -0.4 is 10.1 Å². The fourth-order valence-corrected chi connectivity index (χ4v) is 1.77. The number of nitrogens with one attached hydrogen (secondary N) is 1. The summed E-state index contributed by atoms with van der Waals surface area (Å²) in [6.45, 7) is 1.83. The molecule has 1 N–H and O–H groups in total. The molecule has 0 atom stereocenters. The topological polar surface area (TPSA) is 79.9 Å². The largest absolute Gasteiger partial charge is 0.479 e. The van der Waals surface area contributed by atoms with E-state index in [0.717, 1.165) is 5.69 Å². The highest BCUT2D eigenvalue weighted by Crippen LogP contribution is 2.16. The monoisotopic (exact) mass is 270 g/mol. The summed E-state index contributed by atoms with van der Waals surface area (Å²) >= 11 is 0. The van der Waals surface area contributed by atoms with Crippen molar-refractivity contribution in [2.45, 2.75) is 6.92 Å². The van der Waals surface area contributed by atoms with Gasteiger partial charge < -0.3 is 10.1 Å². The van der Waals surface area contributed by atoms with E-state index < -0.39 is 0 Å². The average molecular weight is 270 g/mol. The summed E-state index contributed by atoms with van der Waals surface area (Å²) in [4.78, 5) is 12.1. The second-order valence-corrected chi connectivity index (χ2v) is 4.22. The van der Waals surface area contributed by atoms with Crippen LogP contribution in [0.1, 0.15) is 16.2 Å². The Morgan fingerprint density at radius 3 is 2.70 bits per heavy atom. The highest BCUT2D eigenvalue weighted by Gasteiger charge is 2.11. The first kappa shape index (κ1) is 13.6. The van der Waals surface area contributed by atoms with Gasteiger partial charge in [-0.2, -0.15) is 10.4 Å². The van der Waals surface area contributed by atoms with Crippen LogP contribution in [0.3, 0.4) is 0 Å². The van der Waals surface area contributed by atoms with Crippen molar-refractivity contribution in [3.8, 4) is 11.8 Å². The quantitative estimate of drug-likeness (QED) is 0.919. The van der Waals surface area contributed by atoms with E-state index in [4.69, 9.17) is 10.00 Å². The van der Waals surface area contributed by atoms with Gasteiger partial charge in [-0.3, -0.25) is 9.48 Å². The van der Waals surface area contributed by atoms with E-state index in [2.05, 4.69) is 10.4 Å². The number of amides is 1. The van der Waals surface area contributed by atoms with Crippen LogP contribution >= 0.6 is 0 Å². The molecule has 1 aromatic carbocycles. The zero-order valence-electron chi connectivity index (χ0n) is 11.3. The van der Waals surface area contributed by atoms with Crippen LogP contribution in [0.25, 0.3) is 0 Å². The maximum atomic E-state index is 12.1. The SMILES string of the molecule is Cc1cc(C(=O)Nc2ccc(OCC#N)cc2)n(C)n1. The van der Waals surface area contributed by atoms with Gasteiger partial charge in [0, 0.05) is 12.7 Å². The molecule has 0 aliphatic carbocycles. The molecule has 0 aliphatic heterocycles. The Hall–Kier alpha value is -2.81. The van der Waals surface area contributed by atoms with Crippen molar-refractivity contribution in [1.29, 1.82) is 5.26 Å². The van der Waals surface area contributed by atoms with Gasteiger partial charge in [-0.15, -0.1) is 0 Å². The normalized spacial score (nSPS) is 9.85. The molecule has 0 spiro atoms. The van der Waals surface area contributed by atoms with Crippen molar-refractivity contribution in [2.24, 2.45) is 7.05 Å². The van der Waals surface area contributed by atoms with Gasteiger partial charge in [0.05, 0.1) is 5.69 Å². The number of ether oxygens (including phenoxy) is 1. The van der Waals surface area contributed by atoms with Crippen LogP contribution in [0, 0.1) is 18.3 Å². The minimum atomic E-state index is -0.223. The molecule has 20 heavy (non-hydrogen) atoms. The molecule has 0 radical (unpaired) electrons. The van der Waals surface area contributed by atoms with E-state index in [9.17, 15) is 4.79 Å². The molecule has 1 heterocycles. The van der Waals surface area contributed by atoms with E-state index in [1.54, 1.807) is 37.4 Å². The fourth-order valence-electron chi connectivity index (χ4n) is 1.77. The van der Waals surface area contributed by atoms with Crippen molar-refractivity contribution in [2.75, 3.05) is 11.9 Å². The molecule has 2 aromatic rings. The Labute approximate surface area is 116 Å². The van der Waals surface area contributed by atoms with E-state index >= 15 is 0 Å². The van der Waals surface area contributed by atoms with Gasteiger partial charge in [0.2, 0.25) is 0 Å². The van der Waals surface area contributed by atoms with Crippen LogP contribution in [0.5, 0.6) is 5.75 Å². The van der Waals surface area contributed by atoms with Crippen molar-refractivity contribution >= 4 is 11.6 Å². The van der Waals surface area contributed by atoms with Gasteiger partial charge >= 0.3 is 0 Å². The Morgan fingerprint density at radius 1 is 1.45 bits per heavy atom. The van der Waals surface area contributed by atoms with Gasteiger partial charge in [0.25, 0.3) is 5.91 Å². The number of benzene rings is 1. The first-order valence-corrected chi connectivity index (χ1v) is 6.02. The zero-order chi connectivity index (χ0) is 14.5. The summed E-state index contributed by atoms with van der Waals surface area (Å²) in [5.74, 6) is 0.361. The number of nitriles is 1. The number of rotatable bonds is 4. The minimum Gasteiger partial charge on any atom is -0.479 e. The third-order valence-corrected chi connectivity index (χ3v) is 2.65. The lowest BCUT2D eigenvalue weighted by Gasteiger charge is -2.06. The van der Waals surface area contributed by atoms with Gasteiger partial charge in [-0.1, -0.05) is 0 Å². The summed E-state index contributed by atoms with van der Waals surface area (Å²) in [5, 5.41) is 15.3. The highest BCUT2D eigenvalue weighted by molar-refractivity contribution is 6.03. The van der Waals surface area contributed by atoms with Crippen LogP contribution in [0.2, 0.25) is 0 Å². The summed E-state index contributed by atoms with van der Waals surface area (Å²) in [6.07, 6.45) is 0. The lowest BCUT2D eigenvalue weighted by Crippen LogP contribution is -2.15. The van der Waals surface area contributed by atoms with Crippen LogP contribution in [0.4, 0.5) is 5.69 Å². The van der Waals surface area contributed by atoms with Crippen molar-refractivity contribution < 1.29 is 9.53 Å². The first-order chi connectivity index (χ1) is 9.60. The number of nitrogens with zero attached hydrogens (tertiary/aromatic N) is 3. The molecule has 1 amide bonds. The molecule has 2 rings (SSSR count). The number of aryl methyl sites for hydroxylation is 2. The Bertz CT molecular complexity index is 653. The third-order valence-electron chi connectivity index (χ3n) is 2.65. The molecule has 1 aromatic heterocycles. The van der Waals surface area contributed by atoms with Crippen LogP contribution in [0.15, 0.2) is 30.3 Å². The minimum absolute atomic E-state index is 0.00000212. The number of aromatic nitrogens is 2. The molecule has 6 heteroatoms. The number of hydrogen-bond donors (Lipinski definition) is 1. The first-order valence-electron chi connectivity index (χ1n) is 6.02. The van der Waals surface area contributed by atoms with E-state index in [0.29, 0.717) is 17.1 Å². The molecular formula is C14H14N4O2. The fraction of sp³-hybridized carbons (Fsp3) is 0.214. The zero-order valence-corrected chi connectivity index (χ0v) is 11.3. The number of anilines is 1. The molecule has 0 saturated heterocycles. The molecule has 0 unspecified atom stereocenters. The summed E-state index contributed by atoms with van der Waals surface area (Å²) in [5.41, 5.74) is 1.93. The molecule has 102 valence electrons. The van der Waals surface area contributed by atoms with Crippen molar-refractivity contribution in [3.05, 3.63) is 41.7 Å². The maximum Gasteiger partial charge on any atom is 0.273 e. The predicted molar refractivity (Wildman–Crippen MR) is 73.4 cm³/mol. The molecule has 0 aliphatic rings. The predicted octanol–water partition coefficient (Wildman–Crippen LogP) is 1.88. The number of carbonyl (C=O) groups excluding carboxylic acids is 1. The van der Waals surface area contributed by atoms with Crippen LogP contribution in [-0.2, 0) is 7.05 Å². The summed E-state index contributed by atoms with van der Waals surface area (Å²) in [7, 11) is 1.72. The Kier molecular flexibility index (Phi) is 4.01. The van der Waals surface area contributed by atoms with Gasteiger partial charge in [-0.05, 0) is 37.3 Å². The standard InChI is InChI=1S/C14H14N4O2/c1-10-9-13(18(2)17-10)14(19)16-11-3-5-12(6-4-11)20-8-7-15/h3-6,9H,8H2,1-2H3,(H,16,19). The molecule has 0 saturated carbocycles. The Balaban J connectivity index is 2.05. The number of hydrogen-bond acceptors (Lipinski definition) is 4. The van der Waals surface area contributed by atoms with Gasteiger partial charge in [0.1, 0.15) is 17.5 Å². The average Bonchev–Trinajstić information content (AvgIpc) is 2.77. The van der Waals surface area contributed by atoms with Crippen LogP contribution in [-0.4, -0.2) is 22.3 Å². The van der Waals surface area contributed by atoms with Crippen molar-refractivity contribution in [3.63, 3.8) is 0 Å². The molecule has 6 nitrogen and oxygen atoms in total. The lowest BCUT2D eigenvalue weighted by molar-refractivity contribution is 0.101.